The van der Waals surface area contributed by atoms with Crippen LogP contribution in [0.4, 0.5) is 0 Å². The molecule has 0 spiro atoms. The summed E-state index contributed by atoms with van der Waals surface area (Å²) >= 11 is 3.52. The number of carboxylic acid groups (broad SMARTS) is 1. The van der Waals surface area contributed by atoms with Gasteiger partial charge in [0.05, 0.1) is 6.42 Å². The molecule has 0 aromatic heterocycles. The molecule has 1 aromatic carbocycles. The Labute approximate surface area is 110 Å². The maximum Gasteiger partial charge on any atom is 0.303 e. The molecule has 4 heteroatoms. The number of aryl methyl sites for hydroxylation is 1. The predicted molar refractivity (Wildman–Crippen MR) is 69.9 cm³/mol. The van der Waals surface area contributed by atoms with Gasteiger partial charge in [0.15, 0.2) is 0 Å². The van der Waals surface area contributed by atoms with E-state index in [2.05, 4.69) is 46.0 Å². The van der Waals surface area contributed by atoms with Gasteiger partial charge in [0, 0.05) is 24.1 Å². The molecule has 0 radical (unpaired) electrons. The highest BCUT2D eigenvalue weighted by molar-refractivity contribution is 9.10. The SMILES string of the molecule is Cc1ccc(CN2CC(CC(=O)O)C2)cc1Br. The van der Waals surface area contributed by atoms with Gasteiger partial charge in [-0.3, -0.25) is 9.69 Å². The molecule has 3 nitrogen and oxygen atoms in total. The molecule has 1 aliphatic heterocycles. The fraction of sp³-hybridized carbons (Fsp3) is 0.462. The minimum absolute atomic E-state index is 0.300. The molecule has 0 atom stereocenters. The molecule has 0 aliphatic carbocycles. The summed E-state index contributed by atoms with van der Waals surface area (Å²) in [5.41, 5.74) is 2.51. The van der Waals surface area contributed by atoms with Crippen molar-refractivity contribution in [3.63, 3.8) is 0 Å². The average Bonchev–Trinajstić information content (AvgIpc) is 2.19. The number of hydrogen-bond acceptors (Lipinski definition) is 2. The summed E-state index contributed by atoms with van der Waals surface area (Å²) in [7, 11) is 0. The number of carboxylic acids is 1. The largest absolute Gasteiger partial charge is 0.481 e. The lowest BCUT2D eigenvalue weighted by Gasteiger charge is -2.38. The lowest BCUT2D eigenvalue weighted by atomic mass is 9.96. The number of rotatable bonds is 4. The van der Waals surface area contributed by atoms with Crippen LogP contribution >= 0.6 is 15.9 Å². The lowest BCUT2D eigenvalue weighted by Crippen LogP contribution is -2.46. The number of carbonyl (C=O) groups is 1. The third kappa shape index (κ3) is 3.30. The standard InChI is InChI=1S/C13H16BrNO2/c1-9-2-3-10(4-12(9)14)6-15-7-11(8-15)5-13(16)17/h2-4,11H,5-8H2,1H3,(H,16,17). The third-order valence-electron chi connectivity index (χ3n) is 3.14. The maximum absolute atomic E-state index is 10.5. The number of nitrogens with zero attached hydrogens (tertiary/aromatic N) is 1. The zero-order valence-electron chi connectivity index (χ0n) is 9.82. The molecule has 0 unspecified atom stereocenters. The second kappa shape index (κ2) is 5.19. The molecular formula is C13H16BrNO2. The topological polar surface area (TPSA) is 40.5 Å². The van der Waals surface area contributed by atoms with Gasteiger partial charge in [0.2, 0.25) is 0 Å². The molecular weight excluding hydrogens is 282 g/mol. The number of hydrogen-bond donors (Lipinski definition) is 1. The van der Waals surface area contributed by atoms with Crippen molar-refractivity contribution in [2.75, 3.05) is 13.1 Å². The zero-order valence-corrected chi connectivity index (χ0v) is 11.4. The van der Waals surface area contributed by atoms with Crippen LogP contribution in [-0.2, 0) is 11.3 Å². The Hall–Kier alpha value is -0.870. The number of halogens is 1. The minimum Gasteiger partial charge on any atom is -0.481 e. The fourth-order valence-electron chi connectivity index (χ4n) is 2.17. The van der Waals surface area contributed by atoms with E-state index < -0.39 is 5.97 Å². The Morgan fingerprint density at radius 3 is 2.82 bits per heavy atom. The monoisotopic (exact) mass is 297 g/mol. The van der Waals surface area contributed by atoms with Gasteiger partial charge in [-0.25, -0.2) is 0 Å². The Kier molecular flexibility index (Phi) is 3.84. The first-order chi connectivity index (χ1) is 8.04. The molecule has 0 saturated carbocycles. The van der Waals surface area contributed by atoms with Crippen LogP contribution in [-0.4, -0.2) is 29.1 Å². The zero-order chi connectivity index (χ0) is 12.4. The number of likely N-dealkylation sites (tertiary alicyclic amines) is 1. The van der Waals surface area contributed by atoms with Crippen molar-refractivity contribution in [1.82, 2.24) is 4.90 Å². The van der Waals surface area contributed by atoms with Gasteiger partial charge in [-0.1, -0.05) is 28.1 Å². The first-order valence-corrected chi connectivity index (χ1v) is 6.53. The van der Waals surface area contributed by atoms with E-state index in [0.29, 0.717) is 12.3 Å². The summed E-state index contributed by atoms with van der Waals surface area (Å²) in [4.78, 5) is 12.8. The van der Waals surface area contributed by atoms with E-state index in [1.165, 1.54) is 11.1 Å². The van der Waals surface area contributed by atoms with E-state index in [-0.39, 0.29) is 0 Å². The first-order valence-electron chi connectivity index (χ1n) is 5.74. The lowest BCUT2D eigenvalue weighted by molar-refractivity contribution is -0.139. The van der Waals surface area contributed by atoms with Crippen LogP contribution < -0.4 is 0 Å². The van der Waals surface area contributed by atoms with Crippen molar-refractivity contribution in [3.05, 3.63) is 33.8 Å². The Balaban J connectivity index is 1.83. The predicted octanol–water partition coefficient (Wildman–Crippen LogP) is 2.66. The quantitative estimate of drug-likeness (QED) is 0.929. The highest BCUT2D eigenvalue weighted by Gasteiger charge is 2.28. The van der Waals surface area contributed by atoms with Gasteiger partial charge >= 0.3 is 5.97 Å². The van der Waals surface area contributed by atoms with Crippen LogP contribution in [0, 0.1) is 12.8 Å². The van der Waals surface area contributed by atoms with Crippen molar-refractivity contribution >= 4 is 21.9 Å². The molecule has 17 heavy (non-hydrogen) atoms. The normalized spacial score (nSPS) is 16.8. The maximum atomic E-state index is 10.5. The van der Waals surface area contributed by atoms with Crippen LogP contribution in [0.3, 0.4) is 0 Å². The molecule has 0 bridgehead atoms. The van der Waals surface area contributed by atoms with Gasteiger partial charge in [0.25, 0.3) is 0 Å². The van der Waals surface area contributed by atoms with Gasteiger partial charge in [-0.05, 0) is 30.0 Å². The van der Waals surface area contributed by atoms with Crippen molar-refractivity contribution < 1.29 is 9.90 Å². The molecule has 1 heterocycles. The minimum atomic E-state index is -0.687. The second-order valence-electron chi connectivity index (χ2n) is 4.74. The van der Waals surface area contributed by atoms with Crippen molar-refractivity contribution in [3.8, 4) is 0 Å². The molecule has 1 aliphatic rings. The summed E-state index contributed by atoms with van der Waals surface area (Å²) < 4.78 is 1.14. The van der Waals surface area contributed by atoms with Gasteiger partial charge in [-0.2, -0.15) is 0 Å². The molecule has 0 amide bonds. The summed E-state index contributed by atoms with van der Waals surface area (Å²) in [6, 6.07) is 6.37. The third-order valence-corrected chi connectivity index (χ3v) is 3.99. The molecule has 1 fully saturated rings. The molecule has 2 rings (SSSR count). The van der Waals surface area contributed by atoms with Crippen LogP contribution in [0.5, 0.6) is 0 Å². The van der Waals surface area contributed by atoms with Crippen molar-refractivity contribution in [2.24, 2.45) is 5.92 Å². The van der Waals surface area contributed by atoms with Crippen molar-refractivity contribution in [1.29, 1.82) is 0 Å². The highest BCUT2D eigenvalue weighted by Crippen LogP contribution is 2.23. The molecule has 1 N–H and O–H groups in total. The van der Waals surface area contributed by atoms with Gasteiger partial charge in [-0.15, -0.1) is 0 Å². The smallest absolute Gasteiger partial charge is 0.303 e. The highest BCUT2D eigenvalue weighted by atomic mass is 79.9. The Morgan fingerprint density at radius 2 is 2.24 bits per heavy atom. The summed E-state index contributed by atoms with van der Waals surface area (Å²) in [6.07, 6.45) is 0.300. The summed E-state index contributed by atoms with van der Waals surface area (Å²) in [6.45, 7) is 4.78. The van der Waals surface area contributed by atoms with E-state index >= 15 is 0 Å². The van der Waals surface area contributed by atoms with Crippen LogP contribution in [0.25, 0.3) is 0 Å². The van der Waals surface area contributed by atoms with Crippen LogP contribution in [0.2, 0.25) is 0 Å². The van der Waals surface area contributed by atoms with Gasteiger partial charge < -0.3 is 5.11 Å². The molecule has 92 valence electrons. The van der Waals surface area contributed by atoms with E-state index in [9.17, 15) is 4.79 Å². The van der Waals surface area contributed by atoms with Gasteiger partial charge in [0.1, 0.15) is 0 Å². The second-order valence-corrected chi connectivity index (χ2v) is 5.60. The number of benzene rings is 1. The summed E-state index contributed by atoms with van der Waals surface area (Å²) in [5, 5.41) is 8.67. The first kappa shape index (κ1) is 12.6. The van der Waals surface area contributed by atoms with E-state index in [0.717, 1.165) is 24.1 Å². The molecule has 1 aromatic rings. The average molecular weight is 298 g/mol. The van der Waals surface area contributed by atoms with E-state index in [1.807, 2.05) is 0 Å². The summed E-state index contributed by atoms with van der Waals surface area (Å²) in [5.74, 6) is -0.353. The van der Waals surface area contributed by atoms with E-state index in [4.69, 9.17) is 5.11 Å². The van der Waals surface area contributed by atoms with Crippen molar-refractivity contribution in [2.45, 2.75) is 19.9 Å². The fourth-order valence-corrected chi connectivity index (χ4v) is 2.60. The van der Waals surface area contributed by atoms with Crippen LogP contribution in [0.15, 0.2) is 22.7 Å². The Morgan fingerprint density at radius 1 is 1.53 bits per heavy atom. The Bertz CT molecular complexity index is 427. The van der Waals surface area contributed by atoms with Crippen LogP contribution in [0.1, 0.15) is 17.5 Å². The molecule has 1 saturated heterocycles. The van der Waals surface area contributed by atoms with E-state index in [1.54, 1.807) is 0 Å². The number of aliphatic carboxylic acids is 1.